The zero-order valence-corrected chi connectivity index (χ0v) is 13.1. The lowest BCUT2D eigenvalue weighted by molar-refractivity contribution is -0.110. The Bertz CT molecular complexity index is 808. The zero-order valence-electron chi connectivity index (χ0n) is 11.0. The summed E-state index contributed by atoms with van der Waals surface area (Å²) in [4.78, 5) is 26.3. The lowest BCUT2D eigenvalue weighted by Gasteiger charge is -2.02. The van der Waals surface area contributed by atoms with Gasteiger partial charge in [-0.05, 0) is 53.8 Å². The number of H-pyrrole nitrogens is 1. The Hall–Kier alpha value is -1.96. The Labute approximate surface area is 133 Å². The molecule has 106 valence electrons. The number of benzene rings is 1. The molecule has 1 aromatic heterocycles. The van der Waals surface area contributed by atoms with Crippen LogP contribution in [0.5, 0.6) is 0 Å². The Balaban J connectivity index is 2.11. The minimum absolute atomic E-state index is 0.0622. The highest BCUT2D eigenvalue weighted by Gasteiger charge is 2.28. The van der Waals surface area contributed by atoms with Crippen LogP contribution in [-0.4, -0.2) is 16.7 Å². The molecule has 0 unspecified atom stereocenters. The van der Waals surface area contributed by atoms with E-state index in [2.05, 4.69) is 10.3 Å². The molecular formula is C15H10FIN2O2. The summed E-state index contributed by atoms with van der Waals surface area (Å²) < 4.78 is 14.1. The molecule has 1 aliphatic heterocycles. The van der Waals surface area contributed by atoms with Gasteiger partial charge in [0.15, 0.2) is 5.78 Å². The molecule has 1 aromatic carbocycles. The quantitative estimate of drug-likeness (QED) is 0.464. The second-order valence-electron chi connectivity index (χ2n) is 4.70. The predicted octanol–water partition coefficient (Wildman–Crippen LogP) is 3.45. The molecule has 0 radical (unpaired) electrons. The molecule has 1 amide bonds. The summed E-state index contributed by atoms with van der Waals surface area (Å²) in [5.74, 6) is -0.715. The van der Waals surface area contributed by atoms with Gasteiger partial charge in [0.1, 0.15) is 5.82 Å². The largest absolute Gasteiger partial charge is 0.361 e. The number of carbonyl (C=O) groups is 2. The van der Waals surface area contributed by atoms with Gasteiger partial charge in [0.05, 0.1) is 14.8 Å². The van der Waals surface area contributed by atoms with Crippen molar-refractivity contribution in [2.45, 2.75) is 6.92 Å². The number of hydrogen-bond donors (Lipinski definition) is 2. The fourth-order valence-electron chi connectivity index (χ4n) is 2.21. The van der Waals surface area contributed by atoms with Crippen molar-refractivity contribution in [3.63, 3.8) is 0 Å². The van der Waals surface area contributed by atoms with Gasteiger partial charge in [-0.1, -0.05) is 0 Å². The number of nitrogens with one attached hydrogen (secondary N) is 2. The number of amides is 1. The van der Waals surface area contributed by atoms with Crippen molar-refractivity contribution in [1.29, 1.82) is 0 Å². The van der Waals surface area contributed by atoms with Crippen LogP contribution in [-0.2, 0) is 4.79 Å². The molecular weight excluding hydrogens is 386 g/mol. The van der Waals surface area contributed by atoms with E-state index >= 15 is 0 Å². The maximum Gasteiger partial charge on any atom is 0.256 e. The van der Waals surface area contributed by atoms with E-state index in [1.807, 2.05) is 22.6 Å². The number of ketones is 1. The second kappa shape index (κ2) is 5.10. The molecule has 0 fully saturated rings. The highest BCUT2D eigenvalue weighted by molar-refractivity contribution is 14.1. The first kappa shape index (κ1) is 14.0. The molecule has 3 rings (SSSR count). The number of rotatable bonds is 2. The minimum Gasteiger partial charge on any atom is -0.361 e. The van der Waals surface area contributed by atoms with E-state index in [1.54, 1.807) is 24.4 Å². The van der Waals surface area contributed by atoms with Crippen LogP contribution in [0.15, 0.2) is 24.4 Å². The van der Waals surface area contributed by atoms with Gasteiger partial charge in [0, 0.05) is 23.0 Å². The SMILES string of the molecule is CC(=O)c1c[nH]c(C=C2C(=O)Nc3ccc(F)c(I)c32)c1. The number of anilines is 1. The van der Waals surface area contributed by atoms with Gasteiger partial charge < -0.3 is 10.3 Å². The standard InChI is InChI=1S/C15H10FIN2O2/c1-7(20)8-4-9(18-6-8)5-10-13-12(19-15(10)21)3-2-11(16)14(13)17/h2-6,18H,1H3,(H,19,21). The van der Waals surface area contributed by atoms with E-state index in [4.69, 9.17) is 0 Å². The minimum atomic E-state index is -0.368. The first-order valence-electron chi connectivity index (χ1n) is 6.18. The van der Waals surface area contributed by atoms with Crippen LogP contribution in [0.25, 0.3) is 11.6 Å². The average Bonchev–Trinajstić information content (AvgIpc) is 3.01. The van der Waals surface area contributed by atoms with Crippen LogP contribution in [0.1, 0.15) is 28.5 Å². The summed E-state index contributed by atoms with van der Waals surface area (Å²) in [6.45, 7) is 1.47. The molecule has 0 bridgehead atoms. The highest BCUT2D eigenvalue weighted by Crippen LogP contribution is 2.37. The number of Topliss-reactive ketones (excluding diaryl/α,β-unsaturated/α-hetero) is 1. The number of aromatic nitrogens is 1. The molecule has 0 spiro atoms. The van der Waals surface area contributed by atoms with E-state index < -0.39 is 0 Å². The van der Waals surface area contributed by atoms with Crippen LogP contribution in [0.4, 0.5) is 10.1 Å². The third-order valence-electron chi connectivity index (χ3n) is 3.27. The van der Waals surface area contributed by atoms with E-state index in [0.29, 0.717) is 31.7 Å². The van der Waals surface area contributed by atoms with E-state index in [1.165, 1.54) is 13.0 Å². The maximum atomic E-state index is 13.7. The molecule has 1 aliphatic rings. The number of aromatic amines is 1. The van der Waals surface area contributed by atoms with Crippen molar-refractivity contribution in [2.24, 2.45) is 0 Å². The second-order valence-corrected chi connectivity index (χ2v) is 5.77. The number of halogens is 2. The van der Waals surface area contributed by atoms with Gasteiger partial charge in [-0.15, -0.1) is 0 Å². The van der Waals surface area contributed by atoms with Gasteiger partial charge in [-0.3, -0.25) is 9.59 Å². The van der Waals surface area contributed by atoms with Crippen LogP contribution < -0.4 is 5.32 Å². The lowest BCUT2D eigenvalue weighted by atomic mass is 10.1. The Kier molecular flexibility index (Phi) is 3.40. The summed E-state index contributed by atoms with van der Waals surface area (Å²) in [7, 11) is 0. The van der Waals surface area contributed by atoms with Gasteiger partial charge >= 0.3 is 0 Å². The smallest absolute Gasteiger partial charge is 0.256 e. The van der Waals surface area contributed by atoms with Crippen LogP contribution in [0.3, 0.4) is 0 Å². The molecule has 2 aromatic rings. The summed E-state index contributed by atoms with van der Waals surface area (Å²) in [6, 6.07) is 4.53. The number of carbonyl (C=O) groups excluding carboxylic acids is 2. The molecule has 0 atom stereocenters. The lowest BCUT2D eigenvalue weighted by Crippen LogP contribution is -2.03. The van der Waals surface area contributed by atoms with E-state index in [0.717, 1.165) is 0 Å². The van der Waals surface area contributed by atoms with Crippen LogP contribution in [0, 0.1) is 9.39 Å². The molecule has 0 saturated heterocycles. The fraction of sp³-hybridized carbons (Fsp3) is 0.0667. The Morgan fingerprint density at radius 2 is 2.14 bits per heavy atom. The highest BCUT2D eigenvalue weighted by atomic mass is 127. The van der Waals surface area contributed by atoms with Gasteiger partial charge in [-0.2, -0.15) is 0 Å². The Morgan fingerprint density at radius 3 is 2.81 bits per heavy atom. The van der Waals surface area contributed by atoms with Crippen molar-refractivity contribution >= 4 is 51.6 Å². The maximum absolute atomic E-state index is 13.7. The fourth-order valence-corrected chi connectivity index (χ4v) is 2.97. The zero-order chi connectivity index (χ0) is 15.1. The van der Waals surface area contributed by atoms with Crippen molar-refractivity contribution in [3.8, 4) is 0 Å². The topological polar surface area (TPSA) is 62.0 Å². The molecule has 21 heavy (non-hydrogen) atoms. The predicted molar refractivity (Wildman–Crippen MR) is 86.4 cm³/mol. The monoisotopic (exact) mass is 396 g/mol. The van der Waals surface area contributed by atoms with Crippen molar-refractivity contribution in [2.75, 3.05) is 5.32 Å². The third-order valence-corrected chi connectivity index (χ3v) is 4.32. The molecule has 2 heterocycles. The Morgan fingerprint density at radius 1 is 1.38 bits per heavy atom. The molecule has 2 N–H and O–H groups in total. The summed E-state index contributed by atoms with van der Waals surface area (Å²) in [5, 5.41) is 2.71. The normalized spacial score (nSPS) is 15.2. The van der Waals surface area contributed by atoms with Gasteiger partial charge in [0.2, 0.25) is 0 Å². The van der Waals surface area contributed by atoms with E-state index in [-0.39, 0.29) is 17.5 Å². The number of hydrogen-bond acceptors (Lipinski definition) is 2. The van der Waals surface area contributed by atoms with Crippen molar-refractivity contribution in [1.82, 2.24) is 4.98 Å². The van der Waals surface area contributed by atoms with Gasteiger partial charge in [0.25, 0.3) is 5.91 Å². The summed E-state index contributed by atoms with van der Waals surface area (Å²) >= 11 is 1.88. The molecule has 4 nitrogen and oxygen atoms in total. The summed E-state index contributed by atoms with van der Waals surface area (Å²) in [6.07, 6.45) is 3.20. The third kappa shape index (κ3) is 2.39. The van der Waals surface area contributed by atoms with Gasteiger partial charge in [-0.25, -0.2) is 4.39 Å². The van der Waals surface area contributed by atoms with Crippen LogP contribution >= 0.6 is 22.6 Å². The molecule has 6 heteroatoms. The van der Waals surface area contributed by atoms with Crippen molar-refractivity contribution < 1.29 is 14.0 Å². The van der Waals surface area contributed by atoms with E-state index in [9.17, 15) is 14.0 Å². The first-order valence-corrected chi connectivity index (χ1v) is 7.26. The average molecular weight is 396 g/mol. The van der Waals surface area contributed by atoms with Crippen molar-refractivity contribution in [3.05, 3.63) is 50.6 Å². The number of fused-ring (bicyclic) bond motifs is 1. The molecule has 0 saturated carbocycles. The van der Waals surface area contributed by atoms with Crippen LogP contribution in [0.2, 0.25) is 0 Å². The summed E-state index contributed by atoms with van der Waals surface area (Å²) in [5.41, 5.74) is 2.69. The first-order chi connectivity index (χ1) is 9.97. The molecule has 0 aliphatic carbocycles.